The maximum Gasteiger partial charge on any atom is 0.0499 e. The van der Waals surface area contributed by atoms with Gasteiger partial charge < -0.3 is 11.5 Å². The van der Waals surface area contributed by atoms with Crippen LogP contribution in [-0.2, 0) is 0 Å². The molecule has 64 valence electrons. The van der Waals surface area contributed by atoms with Crippen LogP contribution in [0.3, 0.4) is 0 Å². The summed E-state index contributed by atoms with van der Waals surface area (Å²) in [6, 6.07) is 5.42. The summed E-state index contributed by atoms with van der Waals surface area (Å²) in [5.74, 6) is 0. The Kier molecular flexibility index (Phi) is 2.89. The molecule has 2 nitrogen and oxygen atoms in total. The van der Waals surface area contributed by atoms with Gasteiger partial charge >= 0.3 is 0 Å². The van der Waals surface area contributed by atoms with E-state index in [1.54, 1.807) is 6.08 Å². The molecule has 1 rings (SSSR count). The zero-order valence-corrected chi connectivity index (χ0v) is 8.21. The van der Waals surface area contributed by atoms with Crippen LogP contribution >= 0.6 is 15.9 Å². The number of hydrogen-bond acceptors (Lipinski definition) is 2. The zero-order chi connectivity index (χ0) is 9.14. The van der Waals surface area contributed by atoms with E-state index in [1.807, 2.05) is 18.2 Å². The van der Waals surface area contributed by atoms with Gasteiger partial charge in [0.1, 0.15) is 0 Å². The Morgan fingerprint density at radius 2 is 2.17 bits per heavy atom. The largest absolute Gasteiger partial charge is 0.398 e. The molecule has 0 saturated heterocycles. The van der Waals surface area contributed by atoms with Crippen molar-refractivity contribution >= 4 is 21.6 Å². The van der Waals surface area contributed by atoms with E-state index in [9.17, 15) is 0 Å². The van der Waals surface area contributed by atoms with E-state index >= 15 is 0 Å². The van der Waals surface area contributed by atoms with Crippen LogP contribution in [0, 0.1) is 0 Å². The topological polar surface area (TPSA) is 52.0 Å². The first-order valence-electron chi connectivity index (χ1n) is 3.58. The van der Waals surface area contributed by atoms with Gasteiger partial charge in [-0.2, -0.15) is 0 Å². The predicted octanol–water partition coefficient (Wildman–Crippen LogP) is 2.22. The Morgan fingerprint density at radius 3 is 2.75 bits per heavy atom. The van der Waals surface area contributed by atoms with E-state index < -0.39 is 0 Å². The number of nitrogens with two attached hydrogens (primary N) is 2. The molecule has 1 atom stereocenters. The van der Waals surface area contributed by atoms with Crippen LogP contribution in [0.15, 0.2) is 35.3 Å². The lowest BCUT2D eigenvalue weighted by atomic mass is 10.1. The summed E-state index contributed by atoms with van der Waals surface area (Å²) in [7, 11) is 0. The van der Waals surface area contributed by atoms with Crippen molar-refractivity contribution in [1.82, 2.24) is 0 Å². The third-order valence-electron chi connectivity index (χ3n) is 1.66. The van der Waals surface area contributed by atoms with Gasteiger partial charge in [-0.3, -0.25) is 0 Å². The zero-order valence-electron chi connectivity index (χ0n) is 6.63. The van der Waals surface area contributed by atoms with E-state index in [4.69, 9.17) is 11.5 Å². The Balaban J connectivity index is 3.12. The monoisotopic (exact) mass is 226 g/mol. The van der Waals surface area contributed by atoms with Crippen LogP contribution in [0.1, 0.15) is 11.6 Å². The maximum absolute atomic E-state index is 5.75. The summed E-state index contributed by atoms with van der Waals surface area (Å²) in [4.78, 5) is 0. The lowest BCUT2D eigenvalue weighted by Gasteiger charge is -2.09. The summed E-state index contributed by atoms with van der Waals surface area (Å²) >= 11 is 3.35. The van der Waals surface area contributed by atoms with Crippen molar-refractivity contribution in [1.29, 1.82) is 0 Å². The molecule has 0 heterocycles. The molecule has 0 fully saturated rings. The van der Waals surface area contributed by atoms with Gasteiger partial charge in [-0.1, -0.05) is 22.0 Å². The van der Waals surface area contributed by atoms with Crippen molar-refractivity contribution in [3.8, 4) is 0 Å². The molecule has 0 bridgehead atoms. The van der Waals surface area contributed by atoms with Crippen LogP contribution in [-0.4, -0.2) is 0 Å². The quantitative estimate of drug-likeness (QED) is 0.601. The predicted molar refractivity (Wildman–Crippen MR) is 55.7 cm³/mol. The first kappa shape index (κ1) is 9.29. The molecule has 4 N–H and O–H groups in total. The van der Waals surface area contributed by atoms with Crippen molar-refractivity contribution in [3.05, 3.63) is 40.9 Å². The van der Waals surface area contributed by atoms with Crippen LogP contribution in [0.25, 0.3) is 0 Å². The molecule has 0 unspecified atom stereocenters. The van der Waals surface area contributed by atoms with Gasteiger partial charge in [-0.25, -0.2) is 0 Å². The lowest BCUT2D eigenvalue weighted by Crippen LogP contribution is -2.09. The molecule has 3 heteroatoms. The van der Waals surface area contributed by atoms with Crippen LogP contribution in [0.4, 0.5) is 5.69 Å². The molecular formula is C9H11BrN2. The number of rotatable bonds is 2. The average Bonchev–Trinajstić information content (AvgIpc) is 2.08. The fourth-order valence-corrected chi connectivity index (χ4v) is 1.34. The summed E-state index contributed by atoms with van der Waals surface area (Å²) < 4.78 is 0.976. The highest BCUT2D eigenvalue weighted by Gasteiger charge is 2.05. The first-order valence-corrected chi connectivity index (χ1v) is 4.37. The van der Waals surface area contributed by atoms with Gasteiger partial charge in [-0.05, 0) is 23.8 Å². The van der Waals surface area contributed by atoms with Gasteiger partial charge in [0.15, 0.2) is 0 Å². The Labute approximate surface area is 80.4 Å². The third kappa shape index (κ3) is 1.87. The molecule has 0 spiro atoms. The van der Waals surface area contributed by atoms with E-state index in [1.165, 1.54) is 0 Å². The fourth-order valence-electron chi connectivity index (χ4n) is 0.961. The second kappa shape index (κ2) is 3.74. The van der Waals surface area contributed by atoms with Gasteiger partial charge in [0, 0.05) is 16.2 Å². The summed E-state index contributed by atoms with van der Waals surface area (Å²) in [5.41, 5.74) is 13.1. The van der Waals surface area contributed by atoms with Crippen molar-refractivity contribution in [2.24, 2.45) is 5.73 Å². The number of anilines is 1. The van der Waals surface area contributed by atoms with E-state index in [0.29, 0.717) is 5.69 Å². The molecule has 1 aromatic rings. The van der Waals surface area contributed by atoms with Crippen LogP contribution in [0.5, 0.6) is 0 Å². The number of hydrogen-bond donors (Lipinski definition) is 2. The average molecular weight is 227 g/mol. The van der Waals surface area contributed by atoms with Gasteiger partial charge in [0.2, 0.25) is 0 Å². The minimum atomic E-state index is -0.192. The van der Waals surface area contributed by atoms with E-state index in [0.717, 1.165) is 10.0 Å². The van der Waals surface area contributed by atoms with Gasteiger partial charge in [0.25, 0.3) is 0 Å². The summed E-state index contributed by atoms with van der Waals surface area (Å²) in [5, 5.41) is 0. The smallest absolute Gasteiger partial charge is 0.0499 e. The fraction of sp³-hybridized carbons (Fsp3) is 0.111. The van der Waals surface area contributed by atoms with Gasteiger partial charge in [0.05, 0.1) is 0 Å². The standard InChI is InChI=1S/C9H11BrN2/c1-2-8(11)7-5-6(10)3-4-9(7)12/h2-5,8H,1,11-12H2/t8-/m1/s1. The molecular weight excluding hydrogens is 216 g/mol. The molecule has 0 aliphatic rings. The second-order valence-corrected chi connectivity index (χ2v) is 3.45. The normalized spacial score (nSPS) is 12.5. The number of nitrogen functional groups attached to an aromatic ring is 1. The number of halogens is 1. The highest BCUT2D eigenvalue weighted by molar-refractivity contribution is 9.10. The molecule has 0 aliphatic carbocycles. The van der Waals surface area contributed by atoms with Crippen molar-refractivity contribution < 1.29 is 0 Å². The molecule has 0 aromatic heterocycles. The summed E-state index contributed by atoms with van der Waals surface area (Å²) in [6.07, 6.45) is 1.66. The first-order chi connectivity index (χ1) is 5.65. The van der Waals surface area contributed by atoms with Crippen molar-refractivity contribution in [3.63, 3.8) is 0 Å². The lowest BCUT2D eigenvalue weighted by molar-refractivity contribution is 0.917. The van der Waals surface area contributed by atoms with E-state index in [-0.39, 0.29) is 6.04 Å². The molecule has 0 saturated carbocycles. The molecule has 0 amide bonds. The Bertz CT molecular complexity index is 297. The van der Waals surface area contributed by atoms with Crippen LogP contribution in [0.2, 0.25) is 0 Å². The minimum Gasteiger partial charge on any atom is -0.398 e. The molecule has 1 aromatic carbocycles. The molecule has 0 aliphatic heterocycles. The maximum atomic E-state index is 5.75. The number of benzene rings is 1. The summed E-state index contributed by atoms with van der Waals surface area (Å²) in [6.45, 7) is 3.61. The molecule has 12 heavy (non-hydrogen) atoms. The Morgan fingerprint density at radius 1 is 1.50 bits per heavy atom. The highest BCUT2D eigenvalue weighted by atomic mass is 79.9. The highest BCUT2D eigenvalue weighted by Crippen LogP contribution is 2.23. The Hall–Kier alpha value is -0.800. The van der Waals surface area contributed by atoms with Crippen molar-refractivity contribution in [2.45, 2.75) is 6.04 Å². The van der Waals surface area contributed by atoms with Gasteiger partial charge in [-0.15, -0.1) is 6.58 Å². The van der Waals surface area contributed by atoms with Crippen molar-refractivity contribution in [2.75, 3.05) is 5.73 Å². The molecule has 0 radical (unpaired) electrons. The third-order valence-corrected chi connectivity index (χ3v) is 2.16. The van der Waals surface area contributed by atoms with Crippen LogP contribution < -0.4 is 11.5 Å². The minimum absolute atomic E-state index is 0.192. The SMILES string of the molecule is C=C[C@@H](N)c1cc(Br)ccc1N. The second-order valence-electron chi connectivity index (χ2n) is 2.53. The van der Waals surface area contributed by atoms with E-state index in [2.05, 4.69) is 22.5 Å².